The number of rotatable bonds is 10. The summed E-state index contributed by atoms with van der Waals surface area (Å²) < 4.78 is 5.46. The van der Waals surface area contributed by atoms with E-state index in [4.69, 9.17) is 10.1 Å². The number of nitrogens with zero attached hydrogens (tertiary/aromatic N) is 1. The molecule has 156 valence electrons. The third-order valence-electron chi connectivity index (χ3n) is 4.91. The van der Waals surface area contributed by atoms with Crippen LogP contribution in [0.2, 0.25) is 0 Å². The molecule has 0 unspecified atom stereocenters. The van der Waals surface area contributed by atoms with Gasteiger partial charge in [0.25, 0.3) is 5.91 Å². The van der Waals surface area contributed by atoms with E-state index in [0.717, 1.165) is 48.7 Å². The molecule has 6 nitrogen and oxygen atoms in total. The van der Waals surface area contributed by atoms with Gasteiger partial charge in [0.15, 0.2) is 5.96 Å². The second kappa shape index (κ2) is 11.6. The summed E-state index contributed by atoms with van der Waals surface area (Å²) >= 11 is 1.57. The number of carbonyl (C=O) groups is 1. The molecule has 3 N–H and O–H groups in total. The van der Waals surface area contributed by atoms with Crippen molar-refractivity contribution in [3.8, 4) is 5.75 Å². The average molecular weight is 414 g/mol. The van der Waals surface area contributed by atoms with Crippen molar-refractivity contribution in [3.05, 3.63) is 45.6 Å². The number of carbonyl (C=O) groups excluding carboxylic acids is 1. The molecule has 29 heavy (non-hydrogen) atoms. The van der Waals surface area contributed by atoms with Crippen LogP contribution in [0.4, 0.5) is 0 Å². The number of hydrogen-bond donors (Lipinski definition) is 3. The monoisotopic (exact) mass is 414 g/mol. The maximum atomic E-state index is 12.6. The smallest absolute Gasteiger partial charge is 0.259 e. The van der Waals surface area contributed by atoms with E-state index < -0.39 is 0 Å². The van der Waals surface area contributed by atoms with Crippen molar-refractivity contribution in [1.29, 1.82) is 5.41 Å². The highest BCUT2D eigenvalue weighted by molar-refractivity contribution is 7.10. The SMILES string of the molecule is Bc1ccc(OC)c(CCc2sccc2C(=O)NC(=N)NCCN(CC)CC)c1. The number of benzene rings is 1. The number of methoxy groups -OCH3 is 1. The van der Waals surface area contributed by atoms with Gasteiger partial charge >= 0.3 is 0 Å². The summed E-state index contributed by atoms with van der Waals surface area (Å²) in [6.45, 7) is 7.64. The van der Waals surface area contributed by atoms with Gasteiger partial charge in [0, 0.05) is 18.0 Å². The fourth-order valence-electron chi connectivity index (χ4n) is 3.19. The Hall–Kier alpha value is -2.32. The molecule has 0 atom stereocenters. The molecule has 0 spiro atoms. The van der Waals surface area contributed by atoms with E-state index in [9.17, 15) is 4.79 Å². The van der Waals surface area contributed by atoms with Crippen molar-refractivity contribution >= 4 is 36.5 Å². The van der Waals surface area contributed by atoms with E-state index in [1.54, 1.807) is 18.4 Å². The van der Waals surface area contributed by atoms with Crippen LogP contribution in [0.5, 0.6) is 5.75 Å². The van der Waals surface area contributed by atoms with E-state index in [0.29, 0.717) is 12.1 Å². The van der Waals surface area contributed by atoms with E-state index in [1.165, 1.54) is 5.46 Å². The maximum Gasteiger partial charge on any atom is 0.259 e. The van der Waals surface area contributed by atoms with Crippen LogP contribution in [-0.2, 0) is 12.8 Å². The van der Waals surface area contributed by atoms with Gasteiger partial charge in [0.2, 0.25) is 0 Å². The highest BCUT2D eigenvalue weighted by Crippen LogP contribution is 2.23. The summed E-state index contributed by atoms with van der Waals surface area (Å²) in [5, 5.41) is 15.5. The van der Waals surface area contributed by atoms with Gasteiger partial charge < -0.3 is 15.0 Å². The van der Waals surface area contributed by atoms with Gasteiger partial charge in [0.1, 0.15) is 13.6 Å². The summed E-state index contributed by atoms with van der Waals surface area (Å²) in [6, 6.07) is 7.97. The van der Waals surface area contributed by atoms with Crippen LogP contribution in [0.1, 0.15) is 34.6 Å². The molecule has 1 aromatic carbocycles. The highest BCUT2D eigenvalue weighted by atomic mass is 32.1. The molecule has 2 rings (SSSR count). The molecule has 1 aromatic heterocycles. The van der Waals surface area contributed by atoms with Gasteiger partial charge in [-0.25, -0.2) is 0 Å². The Labute approximate surface area is 178 Å². The van der Waals surface area contributed by atoms with Gasteiger partial charge in [-0.15, -0.1) is 11.3 Å². The molecule has 1 amide bonds. The van der Waals surface area contributed by atoms with E-state index in [1.807, 2.05) is 23.6 Å². The number of likely N-dealkylation sites (N-methyl/N-ethyl adjacent to an activating group) is 1. The minimum atomic E-state index is -0.238. The van der Waals surface area contributed by atoms with Gasteiger partial charge in [-0.1, -0.05) is 31.4 Å². The maximum absolute atomic E-state index is 12.6. The number of amides is 1. The van der Waals surface area contributed by atoms with Crippen LogP contribution < -0.4 is 20.8 Å². The summed E-state index contributed by atoms with van der Waals surface area (Å²) in [5.74, 6) is 0.676. The molecule has 0 saturated heterocycles. The van der Waals surface area contributed by atoms with Crippen molar-refractivity contribution in [2.75, 3.05) is 33.3 Å². The minimum Gasteiger partial charge on any atom is -0.496 e. The van der Waals surface area contributed by atoms with Crippen LogP contribution in [0.15, 0.2) is 29.6 Å². The quantitative estimate of drug-likeness (QED) is 0.312. The predicted octanol–water partition coefficient (Wildman–Crippen LogP) is 1.40. The Kier molecular flexibility index (Phi) is 9.21. The van der Waals surface area contributed by atoms with E-state index in [2.05, 4.69) is 43.3 Å². The first-order valence-electron chi connectivity index (χ1n) is 10.0. The highest BCUT2D eigenvalue weighted by Gasteiger charge is 2.15. The van der Waals surface area contributed by atoms with Crippen LogP contribution >= 0.6 is 11.3 Å². The Bertz CT molecular complexity index is 821. The molecular formula is C21H31BN4O2S. The molecule has 0 saturated carbocycles. The zero-order valence-corrected chi connectivity index (χ0v) is 18.6. The topological polar surface area (TPSA) is 77.4 Å². The number of thiophene rings is 1. The Balaban J connectivity index is 1.91. The van der Waals surface area contributed by atoms with Gasteiger partial charge in [-0.3, -0.25) is 15.5 Å². The Morgan fingerprint density at radius 1 is 1.24 bits per heavy atom. The van der Waals surface area contributed by atoms with Gasteiger partial charge in [-0.05, 0) is 49.0 Å². The molecule has 1 heterocycles. The molecule has 0 aliphatic heterocycles. The zero-order valence-electron chi connectivity index (χ0n) is 17.8. The molecule has 2 aromatic rings. The normalized spacial score (nSPS) is 10.8. The first-order chi connectivity index (χ1) is 14.0. The van der Waals surface area contributed by atoms with Crippen LogP contribution in [0.25, 0.3) is 0 Å². The minimum absolute atomic E-state index is 0.0414. The van der Waals surface area contributed by atoms with E-state index >= 15 is 0 Å². The van der Waals surface area contributed by atoms with Crippen LogP contribution in [0, 0.1) is 5.41 Å². The summed E-state index contributed by atoms with van der Waals surface area (Å²) in [7, 11) is 3.74. The van der Waals surface area contributed by atoms with Gasteiger partial charge in [0.05, 0.1) is 12.7 Å². The van der Waals surface area contributed by atoms with Crippen molar-refractivity contribution in [2.24, 2.45) is 0 Å². The number of nitrogens with one attached hydrogen (secondary N) is 3. The Morgan fingerprint density at radius 3 is 2.69 bits per heavy atom. The second-order valence-corrected chi connectivity index (χ2v) is 7.86. The predicted molar refractivity (Wildman–Crippen MR) is 124 cm³/mol. The Morgan fingerprint density at radius 2 is 2.00 bits per heavy atom. The van der Waals surface area contributed by atoms with Crippen LogP contribution in [0.3, 0.4) is 0 Å². The first-order valence-corrected chi connectivity index (χ1v) is 10.9. The molecule has 0 fully saturated rings. The summed E-state index contributed by atoms with van der Waals surface area (Å²) in [4.78, 5) is 15.9. The summed E-state index contributed by atoms with van der Waals surface area (Å²) in [6.07, 6.45) is 1.55. The molecule has 0 bridgehead atoms. The second-order valence-electron chi connectivity index (χ2n) is 6.86. The zero-order chi connectivity index (χ0) is 21.2. The number of ether oxygens (including phenoxy) is 1. The lowest BCUT2D eigenvalue weighted by molar-refractivity contribution is 0.0975. The molecule has 0 aliphatic rings. The first kappa shape index (κ1) is 23.0. The lowest BCUT2D eigenvalue weighted by atomic mass is 9.92. The lowest BCUT2D eigenvalue weighted by Crippen LogP contribution is -2.43. The number of guanidine groups is 1. The standard InChI is InChI=1S/C21H31BN4O2S/c1-4-26(5-2)12-11-24-21(23)25-20(27)17-10-13-29-19(17)9-6-15-14-16(22)7-8-18(15)28-3/h7-8,10,13-14H,4-6,9,11-12,22H2,1-3H3,(H3,23,24,25,27). The number of hydrogen-bond acceptors (Lipinski definition) is 5. The fourth-order valence-corrected chi connectivity index (χ4v) is 4.07. The largest absolute Gasteiger partial charge is 0.496 e. The summed E-state index contributed by atoms with van der Waals surface area (Å²) in [5.41, 5.74) is 2.96. The van der Waals surface area contributed by atoms with Crippen molar-refractivity contribution in [1.82, 2.24) is 15.5 Å². The van der Waals surface area contributed by atoms with Crippen molar-refractivity contribution < 1.29 is 9.53 Å². The fraction of sp³-hybridized carbons (Fsp3) is 0.429. The third-order valence-corrected chi connectivity index (χ3v) is 5.89. The molecular weight excluding hydrogens is 383 g/mol. The molecule has 8 heteroatoms. The molecule has 0 radical (unpaired) electrons. The average Bonchev–Trinajstić information content (AvgIpc) is 3.18. The third kappa shape index (κ3) is 6.90. The van der Waals surface area contributed by atoms with E-state index in [-0.39, 0.29) is 11.9 Å². The van der Waals surface area contributed by atoms with Gasteiger partial charge in [-0.2, -0.15) is 0 Å². The van der Waals surface area contributed by atoms with Crippen LogP contribution in [-0.4, -0.2) is 57.9 Å². The van der Waals surface area contributed by atoms with Crippen molar-refractivity contribution in [2.45, 2.75) is 26.7 Å². The lowest BCUT2D eigenvalue weighted by Gasteiger charge is -2.18. The molecule has 0 aliphatic carbocycles. The van der Waals surface area contributed by atoms with Crippen molar-refractivity contribution in [3.63, 3.8) is 0 Å². The number of aryl methyl sites for hydroxylation is 2.